The Hall–Kier alpha value is -1.75. The van der Waals surface area contributed by atoms with Crippen LogP contribution in [0.2, 0.25) is 10.0 Å². The molecule has 0 aromatic heterocycles. The van der Waals surface area contributed by atoms with Crippen LogP contribution in [0.3, 0.4) is 0 Å². The molecular formula is C19H20Cl2N2O2. The van der Waals surface area contributed by atoms with Crippen LogP contribution in [0.25, 0.3) is 0 Å². The molecule has 0 saturated carbocycles. The molecule has 25 heavy (non-hydrogen) atoms. The summed E-state index contributed by atoms with van der Waals surface area (Å²) in [5.74, 6) is 0.801. The number of hydrogen-bond acceptors (Lipinski definition) is 3. The van der Waals surface area contributed by atoms with Gasteiger partial charge in [-0.25, -0.2) is 0 Å². The lowest BCUT2D eigenvalue weighted by molar-refractivity contribution is 0.0542. The van der Waals surface area contributed by atoms with Gasteiger partial charge in [-0.3, -0.25) is 9.69 Å². The summed E-state index contributed by atoms with van der Waals surface area (Å²) in [7, 11) is 3.73. The van der Waals surface area contributed by atoms with Crippen molar-refractivity contribution < 1.29 is 9.53 Å². The zero-order valence-electron chi connectivity index (χ0n) is 14.2. The van der Waals surface area contributed by atoms with Gasteiger partial charge in [-0.15, -0.1) is 0 Å². The molecule has 4 nitrogen and oxygen atoms in total. The number of rotatable bonds is 3. The maximum atomic E-state index is 12.9. The van der Waals surface area contributed by atoms with Crippen molar-refractivity contribution in [3.8, 4) is 5.75 Å². The Morgan fingerprint density at radius 3 is 2.60 bits per heavy atom. The molecule has 0 N–H and O–H groups in total. The van der Waals surface area contributed by atoms with Crippen LogP contribution in [0.15, 0.2) is 42.5 Å². The Morgan fingerprint density at radius 1 is 1.12 bits per heavy atom. The van der Waals surface area contributed by atoms with Gasteiger partial charge in [-0.05, 0) is 31.3 Å². The van der Waals surface area contributed by atoms with Gasteiger partial charge in [-0.2, -0.15) is 0 Å². The predicted molar refractivity (Wildman–Crippen MR) is 101 cm³/mol. The molecule has 0 radical (unpaired) electrons. The second kappa shape index (κ2) is 7.65. The van der Waals surface area contributed by atoms with Crippen molar-refractivity contribution in [1.82, 2.24) is 9.80 Å². The molecule has 132 valence electrons. The van der Waals surface area contributed by atoms with E-state index in [0.29, 0.717) is 28.7 Å². The number of likely N-dealkylation sites (N-methyl/N-ethyl adjacent to an activating group) is 1. The highest BCUT2D eigenvalue weighted by Crippen LogP contribution is 2.32. The van der Waals surface area contributed by atoms with Gasteiger partial charge in [0, 0.05) is 30.8 Å². The molecule has 0 spiro atoms. The van der Waals surface area contributed by atoms with E-state index in [1.165, 1.54) is 0 Å². The van der Waals surface area contributed by atoms with E-state index in [1.807, 2.05) is 29.2 Å². The first kappa shape index (κ1) is 18.1. The Morgan fingerprint density at radius 2 is 1.88 bits per heavy atom. The molecule has 3 rings (SSSR count). The molecule has 2 aromatic carbocycles. The SMILES string of the molecule is COc1ccccc1C1CN(C(=O)c2ccc(Cl)c(Cl)c2)CCN1C. The average molecular weight is 379 g/mol. The number of nitrogens with zero attached hydrogens (tertiary/aromatic N) is 2. The Kier molecular flexibility index (Phi) is 5.52. The lowest BCUT2D eigenvalue weighted by atomic mass is 10.0. The number of methoxy groups -OCH3 is 1. The van der Waals surface area contributed by atoms with E-state index in [0.717, 1.165) is 17.9 Å². The molecule has 6 heteroatoms. The number of piperazine rings is 1. The lowest BCUT2D eigenvalue weighted by Gasteiger charge is -2.40. The van der Waals surface area contributed by atoms with Crippen LogP contribution in [0.1, 0.15) is 22.0 Å². The van der Waals surface area contributed by atoms with Crippen LogP contribution in [0, 0.1) is 0 Å². The van der Waals surface area contributed by atoms with Gasteiger partial charge in [0.2, 0.25) is 0 Å². The smallest absolute Gasteiger partial charge is 0.254 e. The van der Waals surface area contributed by atoms with Gasteiger partial charge in [-0.1, -0.05) is 41.4 Å². The third-order valence-electron chi connectivity index (χ3n) is 4.60. The van der Waals surface area contributed by atoms with Crippen molar-refractivity contribution in [2.24, 2.45) is 0 Å². The summed E-state index contributed by atoms with van der Waals surface area (Å²) >= 11 is 12.0. The Labute approximate surface area is 157 Å². The second-order valence-corrected chi connectivity index (χ2v) is 6.93. The highest BCUT2D eigenvalue weighted by molar-refractivity contribution is 6.42. The molecule has 1 aliphatic rings. The highest BCUT2D eigenvalue weighted by Gasteiger charge is 2.30. The van der Waals surface area contributed by atoms with Crippen LogP contribution in [-0.4, -0.2) is 49.5 Å². The third-order valence-corrected chi connectivity index (χ3v) is 5.34. The van der Waals surface area contributed by atoms with E-state index in [-0.39, 0.29) is 11.9 Å². The number of hydrogen-bond donors (Lipinski definition) is 0. The first-order chi connectivity index (χ1) is 12.0. The number of amides is 1. The van der Waals surface area contributed by atoms with E-state index in [1.54, 1.807) is 25.3 Å². The first-order valence-electron chi connectivity index (χ1n) is 8.08. The second-order valence-electron chi connectivity index (χ2n) is 6.12. The van der Waals surface area contributed by atoms with Crippen LogP contribution in [0.5, 0.6) is 5.75 Å². The summed E-state index contributed by atoms with van der Waals surface area (Å²) in [6, 6.07) is 13.0. The number of benzene rings is 2. The molecule has 1 amide bonds. The van der Waals surface area contributed by atoms with Crippen LogP contribution < -0.4 is 4.74 Å². The normalized spacial score (nSPS) is 18.2. The third kappa shape index (κ3) is 3.76. The fourth-order valence-corrected chi connectivity index (χ4v) is 3.45. The van der Waals surface area contributed by atoms with Gasteiger partial charge in [0.15, 0.2) is 0 Å². The lowest BCUT2D eigenvalue weighted by Crippen LogP contribution is -2.49. The van der Waals surface area contributed by atoms with Gasteiger partial charge < -0.3 is 9.64 Å². The molecule has 1 fully saturated rings. The van der Waals surface area contributed by atoms with Crippen molar-refractivity contribution in [2.45, 2.75) is 6.04 Å². The van der Waals surface area contributed by atoms with Crippen molar-refractivity contribution in [3.05, 3.63) is 63.6 Å². The van der Waals surface area contributed by atoms with Crippen molar-refractivity contribution in [3.63, 3.8) is 0 Å². The van der Waals surface area contributed by atoms with Gasteiger partial charge in [0.25, 0.3) is 5.91 Å². The molecule has 0 bridgehead atoms. The molecule has 1 aliphatic heterocycles. The minimum atomic E-state index is -0.0356. The van der Waals surface area contributed by atoms with Crippen LogP contribution in [0.4, 0.5) is 0 Å². The van der Waals surface area contributed by atoms with E-state index in [2.05, 4.69) is 11.9 Å². The monoisotopic (exact) mass is 378 g/mol. The number of carbonyl (C=O) groups is 1. The average Bonchev–Trinajstić information content (AvgIpc) is 2.64. The zero-order chi connectivity index (χ0) is 18.0. The number of halogens is 2. The molecular weight excluding hydrogens is 359 g/mol. The number of para-hydroxylation sites is 1. The van der Waals surface area contributed by atoms with E-state index < -0.39 is 0 Å². The largest absolute Gasteiger partial charge is 0.496 e. The summed E-state index contributed by atoms with van der Waals surface area (Å²) in [5.41, 5.74) is 1.64. The summed E-state index contributed by atoms with van der Waals surface area (Å²) in [6.45, 7) is 2.05. The molecule has 1 atom stereocenters. The minimum absolute atomic E-state index is 0.0356. The molecule has 2 aromatic rings. The predicted octanol–water partition coefficient (Wildman–Crippen LogP) is 4.13. The Balaban J connectivity index is 1.84. The minimum Gasteiger partial charge on any atom is -0.496 e. The van der Waals surface area contributed by atoms with Crippen LogP contribution >= 0.6 is 23.2 Å². The molecule has 0 aliphatic carbocycles. The molecule has 1 heterocycles. The number of ether oxygens (including phenoxy) is 1. The van der Waals surface area contributed by atoms with E-state index in [9.17, 15) is 4.79 Å². The molecule has 1 saturated heterocycles. The Bertz CT molecular complexity index is 782. The van der Waals surface area contributed by atoms with Gasteiger partial charge in [0.1, 0.15) is 5.75 Å². The molecule has 1 unspecified atom stereocenters. The van der Waals surface area contributed by atoms with Crippen molar-refractivity contribution >= 4 is 29.1 Å². The number of carbonyl (C=O) groups excluding carboxylic acids is 1. The maximum absolute atomic E-state index is 12.9. The van der Waals surface area contributed by atoms with Gasteiger partial charge in [0.05, 0.1) is 23.2 Å². The summed E-state index contributed by atoms with van der Waals surface area (Å²) < 4.78 is 5.49. The van der Waals surface area contributed by atoms with E-state index >= 15 is 0 Å². The zero-order valence-corrected chi connectivity index (χ0v) is 15.7. The topological polar surface area (TPSA) is 32.8 Å². The summed E-state index contributed by atoms with van der Waals surface area (Å²) in [5, 5.41) is 0.839. The van der Waals surface area contributed by atoms with Crippen LogP contribution in [-0.2, 0) is 0 Å². The van der Waals surface area contributed by atoms with Crippen molar-refractivity contribution in [1.29, 1.82) is 0 Å². The fourth-order valence-electron chi connectivity index (χ4n) is 3.15. The van der Waals surface area contributed by atoms with Crippen molar-refractivity contribution in [2.75, 3.05) is 33.8 Å². The standard InChI is InChI=1S/C19H20Cl2N2O2/c1-22-9-10-23(19(24)13-7-8-15(20)16(21)11-13)12-17(22)14-5-3-4-6-18(14)25-2/h3-8,11,17H,9-10,12H2,1-2H3. The maximum Gasteiger partial charge on any atom is 0.254 e. The highest BCUT2D eigenvalue weighted by atomic mass is 35.5. The summed E-state index contributed by atoms with van der Waals surface area (Å²) in [4.78, 5) is 17.0. The fraction of sp³-hybridized carbons (Fsp3) is 0.316. The van der Waals surface area contributed by atoms with E-state index in [4.69, 9.17) is 27.9 Å². The van der Waals surface area contributed by atoms with Gasteiger partial charge >= 0.3 is 0 Å². The quantitative estimate of drug-likeness (QED) is 0.804. The first-order valence-corrected chi connectivity index (χ1v) is 8.84. The summed E-state index contributed by atoms with van der Waals surface area (Å²) in [6.07, 6.45) is 0.